The second-order valence-corrected chi connectivity index (χ2v) is 5.43. The summed E-state index contributed by atoms with van der Waals surface area (Å²) in [4.78, 5) is 10.5. The highest BCUT2D eigenvalue weighted by Gasteiger charge is 2.58. The van der Waals surface area contributed by atoms with Crippen molar-refractivity contribution in [2.75, 3.05) is 0 Å². The molecule has 1 atom stereocenters. The number of aliphatic hydroxyl groups is 1. The molecule has 0 spiro atoms. The van der Waals surface area contributed by atoms with Crippen LogP contribution < -0.4 is 0 Å². The third kappa shape index (κ3) is 2.34. The topological polar surface area (TPSA) is 57.5 Å². The van der Waals surface area contributed by atoms with Crippen molar-refractivity contribution >= 4 is 5.97 Å². The van der Waals surface area contributed by atoms with E-state index in [1.807, 2.05) is 13.8 Å². The molecular formula is C11H18F2O3. The van der Waals surface area contributed by atoms with E-state index < -0.39 is 17.5 Å². The van der Waals surface area contributed by atoms with Crippen LogP contribution >= 0.6 is 0 Å². The van der Waals surface area contributed by atoms with Crippen LogP contribution in [0.2, 0.25) is 0 Å². The Morgan fingerprint density at radius 3 is 2.25 bits per heavy atom. The number of carbonyl (C=O) groups is 1. The van der Waals surface area contributed by atoms with Gasteiger partial charge in [-0.25, -0.2) is 4.79 Å². The van der Waals surface area contributed by atoms with Crippen LogP contribution in [0.4, 0.5) is 8.78 Å². The molecule has 0 aromatic heterocycles. The molecule has 16 heavy (non-hydrogen) atoms. The van der Waals surface area contributed by atoms with Crippen molar-refractivity contribution in [2.24, 2.45) is 5.41 Å². The third-order valence-corrected chi connectivity index (χ3v) is 3.51. The third-order valence-electron chi connectivity index (χ3n) is 3.51. The molecule has 0 radical (unpaired) electrons. The van der Waals surface area contributed by atoms with Crippen LogP contribution in [-0.2, 0) is 4.79 Å². The van der Waals surface area contributed by atoms with Crippen molar-refractivity contribution in [2.45, 2.75) is 57.5 Å². The van der Waals surface area contributed by atoms with Gasteiger partial charge >= 0.3 is 11.9 Å². The number of halogens is 2. The van der Waals surface area contributed by atoms with E-state index in [-0.39, 0.29) is 18.3 Å². The van der Waals surface area contributed by atoms with Crippen molar-refractivity contribution < 1.29 is 23.8 Å². The molecular weight excluding hydrogens is 218 g/mol. The fraction of sp³-hybridized carbons (Fsp3) is 0.909. The van der Waals surface area contributed by atoms with Gasteiger partial charge in [0.25, 0.3) is 0 Å². The normalized spacial score (nSPS) is 30.8. The van der Waals surface area contributed by atoms with Gasteiger partial charge in [0, 0.05) is 0 Å². The minimum absolute atomic E-state index is 0.112. The lowest BCUT2D eigenvalue weighted by Gasteiger charge is -2.32. The van der Waals surface area contributed by atoms with Crippen LogP contribution in [-0.4, -0.2) is 27.7 Å². The molecule has 0 heterocycles. The first-order valence-electron chi connectivity index (χ1n) is 5.44. The quantitative estimate of drug-likeness (QED) is 0.724. The zero-order chi connectivity index (χ0) is 12.6. The fourth-order valence-corrected chi connectivity index (χ4v) is 2.17. The van der Waals surface area contributed by atoms with Crippen molar-refractivity contribution in [3.8, 4) is 0 Å². The standard InChI is InChI=1S/C11H18F2O3/c1-9(2)4-3-5-10(16,7-6-9)11(12,13)8(14)15/h16H,3-7H2,1-2H3,(H,14,15). The predicted molar refractivity (Wildman–Crippen MR) is 54.4 cm³/mol. The molecule has 0 saturated heterocycles. The maximum atomic E-state index is 13.4. The van der Waals surface area contributed by atoms with Crippen LogP contribution in [0.5, 0.6) is 0 Å². The minimum Gasteiger partial charge on any atom is -0.477 e. The molecule has 1 saturated carbocycles. The zero-order valence-corrected chi connectivity index (χ0v) is 9.59. The molecule has 0 aromatic rings. The average Bonchev–Trinajstić information content (AvgIpc) is 2.26. The Labute approximate surface area is 93.5 Å². The molecule has 3 nitrogen and oxygen atoms in total. The van der Waals surface area contributed by atoms with Gasteiger partial charge in [-0.05, 0) is 37.5 Å². The molecule has 5 heteroatoms. The van der Waals surface area contributed by atoms with Crippen molar-refractivity contribution in [3.05, 3.63) is 0 Å². The Balaban J connectivity index is 2.90. The fourth-order valence-electron chi connectivity index (χ4n) is 2.17. The van der Waals surface area contributed by atoms with Gasteiger partial charge in [-0.2, -0.15) is 8.78 Å². The van der Waals surface area contributed by atoms with Gasteiger partial charge in [0.15, 0.2) is 0 Å². The largest absolute Gasteiger partial charge is 0.477 e. The number of aliphatic carboxylic acids is 1. The second-order valence-electron chi connectivity index (χ2n) is 5.43. The highest BCUT2D eigenvalue weighted by Crippen LogP contribution is 2.44. The average molecular weight is 236 g/mol. The number of carboxylic acid groups (broad SMARTS) is 1. The lowest BCUT2D eigenvalue weighted by molar-refractivity contribution is -0.212. The summed E-state index contributed by atoms with van der Waals surface area (Å²) in [6.45, 7) is 3.88. The van der Waals surface area contributed by atoms with Crippen LogP contribution in [0, 0.1) is 5.41 Å². The van der Waals surface area contributed by atoms with E-state index in [4.69, 9.17) is 5.11 Å². The van der Waals surface area contributed by atoms with E-state index in [9.17, 15) is 18.7 Å². The SMILES string of the molecule is CC1(C)CCCC(O)(C(F)(F)C(=O)O)CC1. The molecule has 94 valence electrons. The smallest absolute Gasteiger partial charge is 0.377 e. The van der Waals surface area contributed by atoms with Gasteiger partial charge in [0.1, 0.15) is 5.60 Å². The molecule has 1 unspecified atom stereocenters. The monoisotopic (exact) mass is 236 g/mol. The summed E-state index contributed by atoms with van der Waals surface area (Å²) in [6, 6.07) is 0. The summed E-state index contributed by atoms with van der Waals surface area (Å²) < 4.78 is 26.8. The first-order chi connectivity index (χ1) is 7.11. The molecule has 0 amide bonds. The van der Waals surface area contributed by atoms with Crippen molar-refractivity contribution in [1.29, 1.82) is 0 Å². The number of alkyl halides is 2. The van der Waals surface area contributed by atoms with Crippen LogP contribution in [0.15, 0.2) is 0 Å². The lowest BCUT2D eigenvalue weighted by Crippen LogP contribution is -2.53. The molecule has 2 N–H and O–H groups in total. The summed E-state index contributed by atoms with van der Waals surface area (Å²) in [6.07, 6.45) is 1.23. The predicted octanol–water partition coefficient (Wildman–Crippen LogP) is 2.43. The lowest BCUT2D eigenvalue weighted by atomic mass is 9.83. The van der Waals surface area contributed by atoms with Gasteiger partial charge < -0.3 is 10.2 Å². The summed E-state index contributed by atoms with van der Waals surface area (Å²) in [5.74, 6) is -6.30. The van der Waals surface area contributed by atoms with Crippen molar-refractivity contribution in [1.82, 2.24) is 0 Å². The van der Waals surface area contributed by atoms with Gasteiger partial charge in [-0.15, -0.1) is 0 Å². The van der Waals surface area contributed by atoms with E-state index in [2.05, 4.69) is 0 Å². The van der Waals surface area contributed by atoms with Crippen LogP contribution in [0.3, 0.4) is 0 Å². The van der Waals surface area contributed by atoms with Gasteiger partial charge in [0.2, 0.25) is 0 Å². The summed E-state index contributed by atoms with van der Waals surface area (Å²) in [5.41, 5.74) is -2.51. The molecule has 0 aromatic carbocycles. The number of hydrogen-bond acceptors (Lipinski definition) is 2. The number of rotatable bonds is 2. The maximum Gasteiger partial charge on any atom is 0.377 e. The molecule has 1 aliphatic rings. The molecule has 1 rings (SSSR count). The highest BCUT2D eigenvalue weighted by atomic mass is 19.3. The zero-order valence-electron chi connectivity index (χ0n) is 9.59. The maximum absolute atomic E-state index is 13.4. The Hall–Kier alpha value is -0.710. The van der Waals surface area contributed by atoms with Crippen LogP contribution in [0.25, 0.3) is 0 Å². The molecule has 0 bridgehead atoms. The van der Waals surface area contributed by atoms with E-state index in [0.717, 1.165) is 6.42 Å². The van der Waals surface area contributed by atoms with E-state index in [1.165, 1.54) is 0 Å². The Kier molecular flexibility index (Phi) is 3.29. The molecule has 1 fully saturated rings. The highest BCUT2D eigenvalue weighted by molar-refractivity contribution is 5.77. The summed E-state index contributed by atoms with van der Waals surface area (Å²) in [7, 11) is 0. The minimum atomic E-state index is -4.06. The second kappa shape index (κ2) is 3.95. The Morgan fingerprint density at radius 1 is 1.19 bits per heavy atom. The van der Waals surface area contributed by atoms with E-state index >= 15 is 0 Å². The number of carboxylic acids is 1. The van der Waals surface area contributed by atoms with Gasteiger partial charge in [0.05, 0.1) is 0 Å². The molecule has 1 aliphatic carbocycles. The molecule has 0 aliphatic heterocycles. The summed E-state index contributed by atoms with van der Waals surface area (Å²) >= 11 is 0. The number of hydrogen-bond donors (Lipinski definition) is 2. The Bertz CT molecular complexity index is 289. The summed E-state index contributed by atoms with van der Waals surface area (Å²) in [5, 5.41) is 18.3. The van der Waals surface area contributed by atoms with E-state index in [1.54, 1.807) is 0 Å². The van der Waals surface area contributed by atoms with Crippen LogP contribution in [0.1, 0.15) is 46.0 Å². The first kappa shape index (κ1) is 13.4. The van der Waals surface area contributed by atoms with E-state index in [0.29, 0.717) is 12.8 Å². The van der Waals surface area contributed by atoms with Gasteiger partial charge in [-0.1, -0.05) is 13.8 Å². The first-order valence-corrected chi connectivity index (χ1v) is 5.44. The Morgan fingerprint density at radius 2 is 1.75 bits per heavy atom. The van der Waals surface area contributed by atoms with Gasteiger partial charge in [-0.3, -0.25) is 0 Å². The van der Waals surface area contributed by atoms with Crippen molar-refractivity contribution in [3.63, 3.8) is 0 Å².